The average Bonchev–Trinajstić information content (AvgIpc) is 2.50. The highest BCUT2D eigenvalue weighted by molar-refractivity contribution is 7.53. The Kier molecular flexibility index (Phi) is 1.53. The molecule has 1 heterocycles. The van der Waals surface area contributed by atoms with Gasteiger partial charge in [-0.3, -0.25) is 0 Å². The second kappa shape index (κ2) is 2.03. The molecule has 1 unspecified atom stereocenters. The van der Waals surface area contributed by atoms with E-state index in [2.05, 4.69) is 31.8 Å². The van der Waals surface area contributed by atoms with Gasteiger partial charge in [0.25, 0.3) is 0 Å². The van der Waals surface area contributed by atoms with Crippen LogP contribution < -0.4 is 0 Å². The molecule has 44 valence electrons. The molecule has 8 heavy (non-hydrogen) atoms. The van der Waals surface area contributed by atoms with Crippen molar-refractivity contribution in [3.8, 4) is 0 Å². The molecular formula is C7H11P. The Bertz CT molecular complexity index is 127. The van der Waals surface area contributed by atoms with Crippen molar-refractivity contribution in [3.05, 3.63) is 12.2 Å². The monoisotopic (exact) mass is 126 g/mol. The SMILES string of the molecule is CC=CC1(CC)C=P1. The molecule has 0 aliphatic carbocycles. The molecule has 0 saturated heterocycles. The van der Waals surface area contributed by atoms with Gasteiger partial charge in [0.15, 0.2) is 0 Å². The van der Waals surface area contributed by atoms with E-state index in [1.54, 1.807) is 0 Å². The van der Waals surface area contributed by atoms with E-state index in [0.29, 0.717) is 5.16 Å². The normalized spacial score (nSPS) is 36.2. The maximum absolute atomic E-state index is 2.34. The van der Waals surface area contributed by atoms with Crippen LogP contribution in [0.25, 0.3) is 0 Å². The van der Waals surface area contributed by atoms with Crippen LogP contribution in [0.4, 0.5) is 0 Å². The van der Waals surface area contributed by atoms with E-state index in [0.717, 1.165) is 0 Å². The van der Waals surface area contributed by atoms with Crippen LogP contribution in [0.15, 0.2) is 12.2 Å². The van der Waals surface area contributed by atoms with Gasteiger partial charge < -0.3 is 0 Å². The lowest BCUT2D eigenvalue weighted by Crippen LogP contribution is -2.03. The average molecular weight is 126 g/mol. The Morgan fingerprint density at radius 3 is 2.50 bits per heavy atom. The summed E-state index contributed by atoms with van der Waals surface area (Å²) in [7, 11) is 1.51. The van der Waals surface area contributed by atoms with Gasteiger partial charge in [-0.1, -0.05) is 27.3 Å². The molecule has 0 nitrogen and oxygen atoms in total. The smallest absolute Gasteiger partial charge is 0.0517 e. The summed E-state index contributed by atoms with van der Waals surface area (Å²) in [5.41, 5.74) is 0. The molecule has 1 atom stereocenters. The van der Waals surface area contributed by atoms with Gasteiger partial charge in [-0.2, -0.15) is 0 Å². The van der Waals surface area contributed by atoms with Crippen LogP contribution in [-0.4, -0.2) is 11.0 Å². The van der Waals surface area contributed by atoms with Crippen LogP contribution in [0.1, 0.15) is 20.3 Å². The maximum atomic E-state index is 2.34. The zero-order chi connectivity index (χ0) is 6.04. The van der Waals surface area contributed by atoms with Crippen LogP contribution in [0.5, 0.6) is 0 Å². The van der Waals surface area contributed by atoms with Gasteiger partial charge in [-0.15, -0.1) is 0 Å². The molecule has 0 radical (unpaired) electrons. The minimum Gasteiger partial charge on any atom is -0.0916 e. The standard InChI is InChI=1S/C7H11P/c1-3-5-7(4-2)6-8-7/h3,5-6H,4H2,1-2H3. The van der Waals surface area contributed by atoms with Gasteiger partial charge in [0.05, 0.1) is 5.16 Å². The first-order valence-corrected chi connectivity index (χ1v) is 3.99. The Morgan fingerprint density at radius 1 is 1.75 bits per heavy atom. The van der Waals surface area contributed by atoms with Crippen molar-refractivity contribution >= 4 is 14.0 Å². The summed E-state index contributed by atoms with van der Waals surface area (Å²) in [6, 6.07) is 0. The van der Waals surface area contributed by atoms with Crippen molar-refractivity contribution in [1.82, 2.24) is 0 Å². The second-order valence-electron chi connectivity index (χ2n) is 2.10. The van der Waals surface area contributed by atoms with Gasteiger partial charge in [0.1, 0.15) is 0 Å². The van der Waals surface area contributed by atoms with E-state index < -0.39 is 0 Å². The summed E-state index contributed by atoms with van der Waals surface area (Å²) >= 11 is 0. The minimum absolute atomic E-state index is 0.509. The molecule has 1 rings (SSSR count). The van der Waals surface area contributed by atoms with E-state index >= 15 is 0 Å². The Labute approximate surface area is 52.4 Å². The lowest BCUT2D eigenvalue weighted by molar-refractivity contribution is 0.911. The zero-order valence-corrected chi connectivity index (χ0v) is 6.28. The highest BCUT2D eigenvalue weighted by atomic mass is 31.1. The van der Waals surface area contributed by atoms with Gasteiger partial charge >= 0.3 is 0 Å². The number of hydrogen-bond acceptors (Lipinski definition) is 0. The topological polar surface area (TPSA) is 0 Å². The predicted molar refractivity (Wildman–Crippen MR) is 40.8 cm³/mol. The minimum atomic E-state index is 0.509. The van der Waals surface area contributed by atoms with Crippen LogP contribution in [0.2, 0.25) is 0 Å². The molecule has 1 aliphatic heterocycles. The third-order valence-electron chi connectivity index (χ3n) is 1.48. The van der Waals surface area contributed by atoms with Crippen molar-refractivity contribution < 1.29 is 0 Å². The van der Waals surface area contributed by atoms with Crippen LogP contribution in [0, 0.1) is 0 Å². The highest BCUT2D eigenvalue weighted by Crippen LogP contribution is 2.41. The summed E-state index contributed by atoms with van der Waals surface area (Å²) in [6.45, 7) is 4.32. The number of rotatable bonds is 2. The fourth-order valence-corrected chi connectivity index (χ4v) is 1.61. The molecule has 0 N–H and O–H groups in total. The van der Waals surface area contributed by atoms with Crippen LogP contribution in [0.3, 0.4) is 0 Å². The molecule has 0 bridgehead atoms. The Morgan fingerprint density at radius 2 is 2.38 bits per heavy atom. The lowest BCUT2D eigenvalue weighted by Gasteiger charge is -2.01. The van der Waals surface area contributed by atoms with Gasteiger partial charge in [-0.05, 0) is 19.1 Å². The van der Waals surface area contributed by atoms with E-state index in [9.17, 15) is 0 Å². The largest absolute Gasteiger partial charge is 0.0916 e. The van der Waals surface area contributed by atoms with Crippen molar-refractivity contribution in [2.75, 3.05) is 0 Å². The molecule has 1 aliphatic rings. The summed E-state index contributed by atoms with van der Waals surface area (Å²) in [5.74, 6) is 2.34. The molecule has 0 fully saturated rings. The van der Waals surface area contributed by atoms with Crippen LogP contribution >= 0.6 is 8.20 Å². The third kappa shape index (κ3) is 1.00. The van der Waals surface area contributed by atoms with Crippen molar-refractivity contribution in [2.45, 2.75) is 25.4 Å². The fourth-order valence-electron chi connectivity index (χ4n) is 0.758. The van der Waals surface area contributed by atoms with Gasteiger partial charge in [0, 0.05) is 0 Å². The first kappa shape index (κ1) is 6.04. The van der Waals surface area contributed by atoms with Crippen LogP contribution in [-0.2, 0) is 0 Å². The molecule has 1 heteroatoms. The summed E-state index contributed by atoms with van der Waals surface area (Å²) in [5, 5.41) is 0.509. The molecule has 0 amide bonds. The van der Waals surface area contributed by atoms with E-state index in [1.807, 2.05) is 0 Å². The molecular weight excluding hydrogens is 115 g/mol. The second-order valence-corrected chi connectivity index (χ2v) is 3.45. The molecule has 0 aromatic heterocycles. The molecule has 0 aromatic rings. The van der Waals surface area contributed by atoms with Crippen molar-refractivity contribution in [1.29, 1.82) is 0 Å². The molecule has 0 saturated carbocycles. The van der Waals surface area contributed by atoms with Crippen molar-refractivity contribution in [2.24, 2.45) is 0 Å². The van der Waals surface area contributed by atoms with E-state index in [1.165, 1.54) is 14.6 Å². The van der Waals surface area contributed by atoms with Gasteiger partial charge in [0.2, 0.25) is 0 Å². The number of hydrogen-bond donors (Lipinski definition) is 0. The fraction of sp³-hybridized carbons (Fsp3) is 0.571. The first-order valence-electron chi connectivity index (χ1n) is 3.03. The first-order chi connectivity index (χ1) is 3.83. The van der Waals surface area contributed by atoms with Gasteiger partial charge in [-0.25, -0.2) is 0 Å². The zero-order valence-electron chi connectivity index (χ0n) is 5.39. The summed E-state index contributed by atoms with van der Waals surface area (Å²) in [4.78, 5) is 0. The lowest BCUT2D eigenvalue weighted by atomic mass is 10.1. The number of allylic oxidation sites excluding steroid dienone is 2. The van der Waals surface area contributed by atoms with E-state index in [4.69, 9.17) is 0 Å². The third-order valence-corrected chi connectivity index (χ3v) is 2.87. The maximum Gasteiger partial charge on any atom is 0.0517 e. The van der Waals surface area contributed by atoms with E-state index in [-0.39, 0.29) is 0 Å². The molecule has 0 aromatic carbocycles. The summed E-state index contributed by atoms with van der Waals surface area (Å²) < 4.78 is 0. The Balaban J connectivity index is 2.43. The predicted octanol–water partition coefficient (Wildman–Crippen LogP) is 2.47. The summed E-state index contributed by atoms with van der Waals surface area (Å²) in [6.07, 6.45) is 5.69. The quantitative estimate of drug-likeness (QED) is 0.394. The highest BCUT2D eigenvalue weighted by Gasteiger charge is 2.28. The Hall–Kier alpha value is -0.0900. The van der Waals surface area contributed by atoms with Crippen molar-refractivity contribution in [3.63, 3.8) is 0 Å². The molecule has 0 spiro atoms.